The molecule has 2 aromatic rings. The van der Waals surface area contributed by atoms with E-state index in [-0.39, 0.29) is 0 Å². The normalized spacial score (nSPS) is 11.4. The van der Waals surface area contributed by atoms with Crippen LogP contribution in [0, 0.1) is 6.92 Å². The number of halogens is 3. The summed E-state index contributed by atoms with van der Waals surface area (Å²) in [5.41, 5.74) is 3.95. The minimum Gasteiger partial charge on any atom is -0.166 e. The van der Waals surface area contributed by atoms with E-state index in [1.165, 1.54) is 12.1 Å². The third-order valence-corrected chi connectivity index (χ3v) is 3.23. The molecule has 0 N–H and O–H groups in total. The van der Waals surface area contributed by atoms with Crippen LogP contribution in [0.2, 0.25) is 0 Å². The van der Waals surface area contributed by atoms with E-state index in [2.05, 4.69) is 6.58 Å². The van der Waals surface area contributed by atoms with Gasteiger partial charge in [-0.2, -0.15) is 13.2 Å². The molecule has 0 aliphatic carbocycles. The fraction of sp³-hybridized carbons (Fsp3) is 0.176. The molecule has 104 valence electrons. The Morgan fingerprint density at radius 1 is 1.00 bits per heavy atom. The van der Waals surface area contributed by atoms with Crippen molar-refractivity contribution in [3.63, 3.8) is 0 Å². The molecule has 0 bridgehead atoms. The van der Waals surface area contributed by atoms with Crippen LogP contribution < -0.4 is 0 Å². The quantitative estimate of drug-likeness (QED) is 0.658. The first-order valence-electron chi connectivity index (χ1n) is 6.24. The molecule has 0 unspecified atom stereocenters. The topological polar surface area (TPSA) is 0 Å². The van der Waals surface area contributed by atoms with Gasteiger partial charge in [0.2, 0.25) is 0 Å². The van der Waals surface area contributed by atoms with Crippen molar-refractivity contribution >= 4 is 5.57 Å². The summed E-state index contributed by atoms with van der Waals surface area (Å²) in [4.78, 5) is 0. The van der Waals surface area contributed by atoms with E-state index in [9.17, 15) is 13.2 Å². The van der Waals surface area contributed by atoms with Gasteiger partial charge in [-0.25, -0.2) is 0 Å². The predicted octanol–water partition coefficient (Wildman–Crippen LogP) is 5.71. The van der Waals surface area contributed by atoms with Crippen molar-refractivity contribution in [3.05, 3.63) is 65.7 Å². The van der Waals surface area contributed by atoms with Crippen LogP contribution in [0.3, 0.4) is 0 Å². The maximum Gasteiger partial charge on any atom is 0.416 e. The molecule has 3 heteroatoms. The number of aryl methyl sites for hydroxylation is 1. The van der Waals surface area contributed by atoms with Crippen molar-refractivity contribution < 1.29 is 13.2 Å². The number of hydrogen-bond acceptors (Lipinski definition) is 0. The molecule has 0 atom stereocenters. The van der Waals surface area contributed by atoms with Crippen molar-refractivity contribution in [1.29, 1.82) is 0 Å². The summed E-state index contributed by atoms with van der Waals surface area (Å²) in [5, 5.41) is 0. The van der Waals surface area contributed by atoms with Crippen LogP contribution >= 0.6 is 0 Å². The van der Waals surface area contributed by atoms with E-state index in [4.69, 9.17) is 0 Å². The molecule has 0 nitrogen and oxygen atoms in total. The van der Waals surface area contributed by atoms with Crippen LogP contribution in [-0.2, 0) is 6.18 Å². The highest BCUT2D eigenvalue weighted by molar-refractivity contribution is 5.82. The zero-order valence-electron chi connectivity index (χ0n) is 11.4. The van der Waals surface area contributed by atoms with Crippen LogP contribution in [0.4, 0.5) is 13.2 Å². The predicted molar refractivity (Wildman–Crippen MR) is 76.3 cm³/mol. The van der Waals surface area contributed by atoms with E-state index in [0.717, 1.165) is 40.0 Å². The molecule has 2 aromatic carbocycles. The van der Waals surface area contributed by atoms with Gasteiger partial charge < -0.3 is 0 Å². The van der Waals surface area contributed by atoms with Gasteiger partial charge in [-0.1, -0.05) is 42.5 Å². The van der Waals surface area contributed by atoms with Crippen LogP contribution in [-0.4, -0.2) is 0 Å². The molecule has 0 aliphatic heterocycles. The molecule has 20 heavy (non-hydrogen) atoms. The van der Waals surface area contributed by atoms with Gasteiger partial charge in [-0.15, -0.1) is 0 Å². The zero-order chi connectivity index (χ0) is 14.9. The average Bonchev–Trinajstić information content (AvgIpc) is 2.37. The monoisotopic (exact) mass is 276 g/mol. The van der Waals surface area contributed by atoms with Crippen LogP contribution in [0.25, 0.3) is 16.7 Å². The van der Waals surface area contributed by atoms with Crippen LogP contribution in [0.5, 0.6) is 0 Å². The second-order valence-electron chi connectivity index (χ2n) is 4.85. The maximum atomic E-state index is 12.6. The summed E-state index contributed by atoms with van der Waals surface area (Å²) < 4.78 is 37.8. The summed E-state index contributed by atoms with van der Waals surface area (Å²) in [6, 6.07) is 11.1. The summed E-state index contributed by atoms with van der Waals surface area (Å²) in [6.45, 7) is 7.76. The van der Waals surface area contributed by atoms with Crippen molar-refractivity contribution in [1.82, 2.24) is 0 Å². The SMILES string of the molecule is C=C(C)c1cccc(C)c1-c1ccc(C(F)(F)F)cc1. The molecular weight excluding hydrogens is 261 g/mol. The molecule has 0 aliphatic rings. The molecule has 0 spiro atoms. The highest BCUT2D eigenvalue weighted by Gasteiger charge is 2.30. The molecule has 0 fully saturated rings. The lowest BCUT2D eigenvalue weighted by Gasteiger charge is -2.14. The molecule has 0 amide bonds. The molecule has 0 heterocycles. The van der Waals surface area contributed by atoms with Gasteiger partial charge >= 0.3 is 6.18 Å². The Morgan fingerprint density at radius 2 is 1.60 bits per heavy atom. The van der Waals surface area contributed by atoms with Gasteiger partial charge in [0.1, 0.15) is 0 Å². The first-order chi connectivity index (χ1) is 9.30. The van der Waals surface area contributed by atoms with Gasteiger partial charge in [0.05, 0.1) is 5.56 Å². The second kappa shape index (κ2) is 5.16. The van der Waals surface area contributed by atoms with Gasteiger partial charge in [0, 0.05) is 0 Å². The van der Waals surface area contributed by atoms with Gasteiger partial charge in [0.25, 0.3) is 0 Å². The van der Waals surface area contributed by atoms with E-state index < -0.39 is 11.7 Å². The summed E-state index contributed by atoms with van der Waals surface area (Å²) in [5.74, 6) is 0. The first-order valence-corrected chi connectivity index (χ1v) is 6.24. The maximum absolute atomic E-state index is 12.6. The fourth-order valence-electron chi connectivity index (χ4n) is 2.23. The standard InChI is InChI=1S/C17H15F3/c1-11(2)15-6-4-5-12(3)16(15)13-7-9-14(10-8-13)17(18,19)20/h4-10H,1H2,2-3H3. The number of allylic oxidation sites excluding steroid dienone is 1. The number of hydrogen-bond donors (Lipinski definition) is 0. The molecular formula is C17H15F3. The number of alkyl halides is 3. The van der Waals surface area contributed by atoms with Crippen LogP contribution in [0.1, 0.15) is 23.6 Å². The first kappa shape index (κ1) is 14.4. The van der Waals surface area contributed by atoms with E-state index in [1.807, 2.05) is 32.0 Å². The average molecular weight is 276 g/mol. The minimum atomic E-state index is -4.30. The van der Waals surface area contributed by atoms with Crippen molar-refractivity contribution in [3.8, 4) is 11.1 Å². The van der Waals surface area contributed by atoms with Crippen molar-refractivity contribution in [2.75, 3.05) is 0 Å². The summed E-state index contributed by atoms with van der Waals surface area (Å²) in [7, 11) is 0. The van der Waals surface area contributed by atoms with Gasteiger partial charge in [-0.05, 0) is 48.2 Å². The smallest absolute Gasteiger partial charge is 0.166 e. The largest absolute Gasteiger partial charge is 0.416 e. The molecule has 0 saturated carbocycles. The second-order valence-corrected chi connectivity index (χ2v) is 4.85. The van der Waals surface area contributed by atoms with Crippen molar-refractivity contribution in [2.45, 2.75) is 20.0 Å². The highest BCUT2D eigenvalue weighted by atomic mass is 19.4. The summed E-state index contributed by atoms with van der Waals surface area (Å²) in [6.07, 6.45) is -4.30. The lowest BCUT2D eigenvalue weighted by Crippen LogP contribution is -2.04. The molecule has 0 saturated heterocycles. The Labute approximate surface area is 116 Å². The van der Waals surface area contributed by atoms with Gasteiger partial charge in [-0.3, -0.25) is 0 Å². The minimum absolute atomic E-state index is 0.633. The van der Waals surface area contributed by atoms with Gasteiger partial charge in [0.15, 0.2) is 0 Å². The Hall–Kier alpha value is -2.03. The lowest BCUT2D eigenvalue weighted by atomic mass is 9.91. The number of rotatable bonds is 2. The molecule has 0 aromatic heterocycles. The Kier molecular flexibility index (Phi) is 3.71. The lowest BCUT2D eigenvalue weighted by molar-refractivity contribution is -0.137. The third-order valence-electron chi connectivity index (χ3n) is 3.23. The molecule has 0 radical (unpaired) electrons. The Bertz CT molecular complexity index is 634. The molecule has 2 rings (SSSR count). The highest BCUT2D eigenvalue weighted by Crippen LogP contribution is 2.34. The van der Waals surface area contributed by atoms with E-state index in [1.54, 1.807) is 0 Å². The third kappa shape index (κ3) is 2.77. The fourth-order valence-corrected chi connectivity index (χ4v) is 2.23. The summed E-state index contributed by atoms with van der Waals surface area (Å²) >= 11 is 0. The Morgan fingerprint density at radius 3 is 2.10 bits per heavy atom. The zero-order valence-corrected chi connectivity index (χ0v) is 11.4. The van der Waals surface area contributed by atoms with E-state index in [0.29, 0.717) is 0 Å². The van der Waals surface area contributed by atoms with E-state index >= 15 is 0 Å². The van der Waals surface area contributed by atoms with Crippen LogP contribution in [0.15, 0.2) is 49.0 Å². The number of benzene rings is 2. The Balaban J connectivity index is 2.55. The van der Waals surface area contributed by atoms with Crippen molar-refractivity contribution in [2.24, 2.45) is 0 Å².